The zero-order valence-corrected chi connectivity index (χ0v) is 21.6. The highest BCUT2D eigenvalue weighted by atomic mass is 16.2. The van der Waals surface area contributed by atoms with Gasteiger partial charge in [0.1, 0.15) is 0 Å². The monoisotopic (exact) mass is 469 g/mol. The van der Waals surface area contributed by atoms with Gasteiger partial charge in [-0.05, 0) is 66.8 Å². The number of anilines is 1. The summed E-state index contributed by atoms with van der Waals surface area (Å²) in [5.74, 6) is 0.914. The van der Waals surface area contributed by atoms with Crippen LogP contribution in [0.3, 0.4) is 0 Å². The topological polar surface area (TPSA) is 45.2 Å². The van der Waals surface area contributed by atoms with E-state index in [1.807, 2.05) is 36.3 Å². The van der Waals surface area contributed by atoms with E-state index in [-0.39, 0.29) is 23.8 Å². The van der Waals surface area contributed by atoms with E-state index in [9.17, 15) is 4.79 Å². The number of rotatable bonds is 11. The Morgan fingerprint density at radius 2 is 1.71 bits per heavy atom. The number of nitrogens with zero attached hydrogens (tertiary/aromatic N) is 2. The average molecular weight is 470 g/mol. The number of nitrogens with one attached hydrogen (secondary N) is 1. The van der Waals surface area contributed by atoms with Gasteiger partial charge in [0, 0.05) is 42.0 Å². The zero-order chi connectivity index (χ0) is 24.8. The fourth-order valence-corrected chi connectivity index (χ4v) is 4.94. The van der Waals surface area contributed by atoms with E-state index in [4.69, 9.17) is 0 Å². The standard InChI is InChI=1S/C31H39N3O/c1-5-9-23-11-13-24(14-12-23)25-15-17-26(18-16-25)34(21-30(32-4)22(3)6-2)31(35)28-20-27(28)29-10-7-8-19-33-29/h7-8,10-19,22,27-28,30,32H,5-6,9,20-21H2,1-4H3. The Kier molecular flexibility index (Phi) is 8.35. The minimum atomic E-state index is 0.00475. The maximum absolute atomic E-state index is 13.8. The number of aromatic nitrogens is 1. The van der Waals surface area contributed by atoms with Crippen molar-refractivity contribution < 1.29 is 4.79 Å². The first kappa shape index (κ1) is 25.1. The molecule has 2 aromatic carbocycles. The number of pyridine rings is 1. The molecule has 1 aromatic heterocycles. The first-order valence-electron chi connectivity index (χ1n) is 13.1. The van der Waals surface area contributed by atoms with Gasteiger partial charge in [0.25, 0.3) is 0 Å². The second kappa shape index (κ2) is 11.6. The molecule has 4 nitrogen and oxygen atoms in total. The smallest absolute Gasteiger partial charge is 0.230 e. The van der Waals surface area contributed by atoms with E-state index >= 15 is 0 Å². The van der Waals surface area contributed by atoms with Crippen molar-refractivity contribution >= 4 is 11.6 Å². The number of benzene rings is 2. The summed E-state index contributed by atoms with van der Waals surface area (Å²) >= 11 is 0. The third kappa shape index (κ3) is 5.99. The summed E-state index contributed by atoms with van der Waals surface area (Å²) in [5.41, 5.74) is 5.75. The average Bonchev–Trinajstić information content (AvgIpc) is 3.71. The van der Waals surface area contributed by atoms with E-state index in [1.165, 1.54) is 16.7 Å². The first-order chi connectivity index (χ1) is 17.0. The van der Waals surface area contributed by atoms with Crippen LogP contribution in [-0.4, -0.2) is 30.5 Å². The zero-order valence-electron chi connectivity index (χ0n) is 21.6. The van der Waals surface area contributed by atoms with Crippen LogP contribution >= 0.6 is 0 Å². The molecule has 1 N–H and O–H groups in total. The van der Waals surface area contributed by atoms with Gasteiger partial charge in [0.2, 0.25) is 5.91 Å². The molecule has 3 aromatic rings. The Labute approximate surface area is 210 Å². The number of hydrogen-bond donors (Lipinski definition) is 1. The second-order valence-corrected chi connectivity index (χ2v) is 9.93. The summed E-state index contributed by atoms with van der Waals surface area (Å²) in [5, 5.41) is 3.46. The summed E-state index contributed by atoms with van der Waals surface area (Å²) in [4.78, 5) is 20.3. The molecule has 4 rings (SSSR count). The van der Waals surface area contributed by atoms with Crippen molar-refractivity contribution in [2.75, 3.05) is 18.5 Å². The summed E-state index contributed by atoms with van der Waals surface area (Å²) in [7, 11) is 2.00. The lowest BCUT2D eigenvalue weighted by Crippen LogP contribution is -2.46. The molecule has 0 saturated heterocycles. The van der Waals surface area contributed by atoms with Crippen molar-refractivity contribution in [1.82, 2.24) is 10.3 Å². The van der Waals surface area contributed by atoms with Gasteiger partial charge < -0.3 is 10.2 Å². The van der Waals surface area contributed by atoms with Crippen LogP contribution in [-0.2, 0) is 11.2 Å². The van der Waals surface area contributed by atoms with Crippen LogP contribution < -0.4 is 10.2 Å². The molecule has 184 valence electrons. The maximum atomic E-state index is 13.8. The van der Waals surface area contributed by atoms with E-state index in [0.717, 1.165) is 37.1 Å². The molecular formula is C31H39N3O. The number of amides is 1. The predicted molar refractivity (Wildman–Crippen MR) is 146 cm³/mol. The third-order valence-corrected chi connectivity index (χ3v) is 7.53. The third-order valence-electron chi connectivity index (χ3n) is 7.53. The lowest BCUT2D eigenvalue weighted by atomic mass is 9.98. The highest BCUT2D eigenvalue weighted by Gasteiger charge is 2.47. The summed E-state index contributed by atoms with van der Waals surface area (Å²) in [6.45, 7) is 7.34. The van der Waals surface area contributed by atoms with Crippen LogP contribution in [0.15, 0.2) is 72.9 Å². The molecule has 1 fully saturated rings. The Hall–Kier alpha value is -2.98. The van der Waals surface area contributed by atoms with E-state index in [1.54, 1.807) is 0 Å². The Morgan fingerprint density at radius 3 is 2.29 bits per heavy atom. The largest absolute Gasteiger partial charge is 0.315 e. The number of aryl methyl sites for hydroxylation is 1. The highest BCUT2D eigenvalue weighted by Crippen LogP contribution is 2.48. The molecule has 0 aliphatic heterocycles. The highest BCUT2D eigenvalue weighted by molar-refractivity contribution is 5.97. The van der Waals surface area contributed by atoms with E-state index in [0.29, 0.717) is 12.5 Å². The fraction of sp³-hybridized carbons (Fsp3) is 0.419. The maximum Gasteiger partial charge on any atom is 0.230 e. The molecule has 1 amide bonds. The molecule has 0 spiro atoms. The van der Waals surface area contributed by atoms with Crippen LogP contribution in [0.4, 0.5) is 5.69 Å². The molecule has 4 atom stereocenters. The number of carbonyl (C=O) groups is 1. The fourth-order valence-electron chi connectivity index (χ4n) is 4.94. The van der Waals surface area contributed by atoms with Crippen molar-refractivity contribution in [3.05, 3.63) is 84.2 Å². The van der Waals surface area contributed by atoms with Gasteiger partial charge in [-0.25, -0.2) is 0 Å². The number of hydrogen-bond acceptors (Lipinski definition) is 3. The molecule has 4 heteroatoms. The molecule has 4 unspecified atom stereocenters. The summed E-state index contributed by atoms with van der Waals surface area (Å²) < 4.78 is 0. The molecule has 1 heterocycles. The Bertz CT molecular complexity index is 1080. The number of carbonyl (C=O) groups excluding carboxylic acids is 1. The van der Waals surface area contributed by atoms with Gasteiger partial charge in [-0.3, -0.25) is 9.78 Å². The molecular weight excluding hydrogens is 430 g/mol. The van der Waals surface area contributed by atoms with Crippen molar-refractivity contribution in [3.8, 4) is 11.1 Å². The van der Waals surface area contributed by atoms with Gasteiger partial charge in [0.05, 0.1) is 0 Å². The van der Waals surface area contributed by atoms with Crippen LogP contribution in [0.2, 0.25) is 0 Å². The van der Waals surface area contributed by atoms with Crippen LogP contribution in [0.25, 0.3) is 11.1 Å². The molecule has 1 aliphatic carbocycles. The first-order valence-corrected chi connectivity index (χ1v) is 13.1. The van der Waals surface area contributed by atoms with Gasteiger partial charge in [0.15, 0.2) is 0 Å². The SMILES string of the molecule is CCCc1ccc(-c2ccc(N(CC(NC)C(C)CC)C(=O)C3CC3c3ccccn3)cc2)cc1. The molecule has 1 saturated carbocycles. The number of likely N-dealkylation sites (N-methyl/N-ethyl adjacent to an activating group) is 1. The van der Waals surface area contributed by atoms with Crippen molar-refractivity contribution in [2.24, 2.45) is 11.8 Å². The molecule has 35 heavy (non-hydrogen) atoms. The van der Waals surface area contributed by atoms with Crippen molar-refractivity contribution in [1.29, 1.82) is 0 Å². The van der Waals surface area contributed by atoms with Crippen molar-refractivity contribution in [2.45, 2.75) is 58.4 Å². The Morgan fingerprint density at radius 1 is 1.03 bits per heavy atom. The molecule has 1 aliphatic rings. The minimum Gasteiger partial charge on any atom is -0.315 e. The summed E-state index contributed by atoms with van der Waals surface area (Å²) in [6.07, 6.45) is 6.03. The van der Waals surface area contributed by atoms with Gasteiger partial charge in [-0.2, -0.15) is 0 Å². The normalized spacial score (nSPS) is 18.6. The predicted octanol–water partition coefficient (Wildman–Crippen LogP) is 6.47. The quantitative estimate of drug-likeness (QED) is 0.350. The molecule has 0 radical (unpaired) electrons. The van der Waals surface area contributed by atoms with Gasteiger partial charge in [-0.1, -0.05) is 76.1 Å². The lowest BCUT2D eigenvalue weighted by Gasteiger charge is -2.31. The lowest BCUT2D eigenvalue weighted by molar-refractivity contribution is -0.120. The summed E-state index contributed by atoms with van der Waals surface area (Å²) in [6, 6.07) is 23.5. The van der Waals surface area contributed by atoms with E-state index in [2.05, 4.69) is 79.6 Å². The van der Waals surface area contributed by atoms with Gasteiger partial charge >= 0.3 is 0 Å². The van der Waals surface area contributed by atoms with Crippen LogP contribution in [0.1, 0.15) is 57.2 Å². The minimum absolute atomic E-state index is 0.00475. The van der Waals surface area contributed by atoms with Crippen molar-refractivity contribution in [3.63, 3.8) is 0 Å². The molecule has 0 bridgehead atoms. The Balaban J connectivity index is 1.56. The van der Waals surface area contributed by atoms with Crippen LogP contribution in [0.5, 0.6) is 0 Å². The van der Waals surface area contributed by atoms with Gasteiger partial charge in [-0.15, -0.1) is 0 Å². The van der Waals surface area contributed by atoms with Crippen LogP contribution in [0, 0.1) is 11.8 Å². The van der Waals surface area contributed by atoms with E-state index < -0.39 is 0 Å². The second-order valence-electron chi connectivity index (χ2n) is 9.93.